The molecule has 1 amide bonds. The van der Waals surface area contributed by atoms with Crippen LogP contribution in [-0.4, -0.2) is 17.6 Å². The molecule has 1 saturated carbocycles. The van der Waals surface area contributed by atoms with Crippen LogP contribution in [-0.2, 0) is 6.18 Å². The van der Waals surface area contributed by atoms with Gasteiger partial charge < -0.3 is 10.0 Å². The van der Waals surface area contributed by atoms with E-state index in [9.17, 15) is 31.1 Å². The van der Waals surface area contributed by atoms with E-state index < -0.39 is 35.8 Å². The monoisotopic (exact) mass is 462 g/mol. The van der Waals surface area contributed by atoms with Gasteiger partial charge in [-0.1, -0.05) is 18.2 Å². The normalized spacial score (nSPS) is 15.8. The highest BCUT2D eigenvalue weighted by molar-refractivity contribution is 8.00. The van der Waals surface area contributed by atoms with Crippen molar-refractivity contribution in [2.75, 3.05) is 4.72 Å². The van der Waals surface area contributed by atoms with Crippen molar-refractivity contribution in [1.82, 2.24) is 5.32 Å². The summed E-state index contributed by atoms with van der Waals surface area (Å²) in [7, 11) is 0. The van der Waals surface area contributed by atoms with Gasteiger partial charge >= 0.3 is 12.4 Å². The molecule has 0 unspecified atom stereocenters. The van der Waals surface area contributed by atoms with Crippen LogP contribution in [0.2, 0.25) is 0 Å². The number of benzene rings is 2. The fourth-order valence-corrected chi connectivity index (χ4v) is 4.03. The molecular formula is C21H20F6N2OS. The molecule has 1 aliphatic rings. The first-order valence-corrected chi connectivity index (χ1v) is 10.4. The summed E-state index contributed by atoms with van der Waals surface area (Å²) in [6.45, 7) is 0. The highest BCUT2D eigenvalue weighted by atomic mass is 32.2. The van der Waals surface area contributed by atoms with E-state index >= 15 is 0 Å². The van der Waals surface area contributed by atoms with Gasteiger partial charge in [0.15, 0.2) is 0 Å². The van der Waals surface area contributed by atoms with E-state index in [2.05, 4.69) is 10.0 Å². The van der Waals surface area contributed by atoms with Gasteiger partial charge in [0.1, 0.15) is 0 Å². The Bertz CT molecular complexity index is 910. The van der Waals surface area contributed by atoms with Crippen molar-refractivity contribution in [2.45, 2.75) is 54.9 Å². The van der Waals surface area contributed by atoms with E-state index in [1.54, 1.807) is 30.3 Å². The molecule has 1 fully saturated rings. The third-order valence-electron chi connectivity index (χ3n) is 5.19. The van der Waals surface area contributed by atoms with E-state index in [0.29, 0.717) is 24.2 Å². The average molecular weight is 462 g/mol. The van der Waals surface area contributed by atoms with Crippen molar-refractivity contribution >= 4 is 23.5 Å². The minimum absolute atomic E-state index is 0.0604. The van der Waals surface area contributed by atoms with Crippen molar-refractivity contribution < 1.29 is 31.1 Å². The fraction of sp³-hybridized carbons (Fsp3) is 0.381. The second-order valence-corrected chi connectivity index (χ2v) is 8.36. The molecule has 10 heteroatoms. The van der Waals surface area contributed by atoms with Gasteiger partial charge in [-0.05, 0) is 68.0 Å². The smallest absolute Gasteiger partial charge is 0.347 e. The first kappa shape index (κ1) is 23.3. The summed E-state index contributed by atoms with van der Waals surface area (Å²) in [6.07, 6.45) is -8.76. The molecule has 3 rings (SSSR count). The van der Waals surface area contributed by atoms with Crippen LogP contribution in [0.4, 0.5) is 32.0 Å². The molecule has 2 aromatic rings. The lowest BCUT2D eigenvalue weighted by Crippen LogP contribution is -2.54. The van der Waals surface area contributed by atoms with E-state index in [-0.39, 0.29) is 17.7 Å². The van der Waals surface area contributed by atoms with Gasteiger partial charge in [0, 0.05) is 16.9 Å². The highest BCUT2D eigenvalue weighted by Gasteiger charge is 2.42. The lowest BCUT2D eigenvalue weighted by Gasteiger charge is -2.43. The number of halogens is 6. The predicted molar refractivity (Wildman–Crippen MR) is 107 cm³/mol. The number of nitrogens with one attached hydrogen (secondary N) is 2. The van der Waals surface area contributed by atoms with Crippen molar-refractivity contribution in [3.8, 4) is 0 Å². The third kappa shape index (κ3) is 6.32. The van der Waals surface area contributed by atoms with Gasteiger partial charge in [0.05, 0.1) is 16.8 Å². The molecule has 0 heterocycles. The van der Waals surface area contributed by atoms with Gasteiger partial charge in [-0.3, -0.25) is 4.79 Å². The minimum Gasteiger partial charge on any atom is -0.347 e. The van der Waals surface area contributed by atoms with Crippen molar-refractivity contribution in [3.05, 3.63) is 59.7 Å². The minimum atomic E-state index is -4.61. The molecule has 0 aliphatic heterocycles. The number of alkyl halides is 6. The maximum atomic E-state index is 13.2. The second kappa shape index (κ2) is 9.02. The Morgan fingerprint density at radius 2 is 1.68 bits per heavy atom. The molecule has 0 atom stereocenters. The summed E-state index contributed by atoms with van der Waals surface area (Å²) in [6, 6.07) is 11.4. The molecule has 2 N–H and O–H groups in total. The Balaban J connectivity index is 1.81. The molecule has 0 aromatic heterocycles. The van der Waals surface area contributed by atoms with Gasteiger partial charge in [-0.2, -0.15) is 26.3 Å². The van der Waals surface area contributed by atoms with Crippen LogP contribution in [0.25, 0.3) is 0 Å². The molecule has 3 nitrogen and oxygen atoms in total. The number of carbonyl (C=O) groups is 1. The quantitative estimate of drug-likeness (QED) is 0.350. The van der Waals surface area contributed by atoms with Gasteiger partial charge in [0.2, 0.25) is 0 Å². The van der Waals surface area contributed by atoms with Crippen molar-refractivity contribution in [1.29, 1.82) is 0 Å². The number of amides is 1. The largest absolute Gasteiger partial charge is 0.416 e. The number of rotatable bonds is 7. The Morgan fingerprint density at radius 1 is 1.00 bits per heavy atom. The van der Waals surface area contributed by atoms with Crippen LogP contribution >= 0.6 is 11.9 Å². The van der Waals surface area contributed by atoms with Crippen LogP contribution in [0.3, 0.4) is 0 Å². The molecule has 0 saturated heterocycles. The zero-order chi connectivity index (χ0) is 22.7. The second-order valence-electron chi connectivity index (χ2n) is 7.48. The topological polar surface area (TPSA) is 41.1 Å². The summed E-state index contributed by atoms with van der Waals surface area (Å²) in [5.74, 6) is -0.702. The Kier molecular flexibility index (Phi) is 6.78. The lowest BCUT2D eigenvalue weighted by molar-refractivity contribution is -0.140. The molecule has 31 heavy (non-hydrogen) atoms. The van der Waals surface area contributed by atoms with Gasteiger partial charge in [0.25, 0.3) is 5.91 Å². The molecule has 168 valence electrons. The van der Waals surface area contributed by atoms with Gasteiger partial charge in [-0.25, -0.2) is 0 Å². The summed E-state index contributed by atoms with van der Waals surface area (Å²) in [5.41, 5.74) is -2.05. The zero-order valence-electron chi connectivity index (χ0n) is 16.2. The number of hydrogen-bond acceptors (Lipinski definition) is 3. The standard InChI is InChI=1S/C21H20F6N2OS/c22-20(23,24)12-11-19(9-4-10-19)28-18(30)16-8-7-14(21(25,26)27)13-17(16)29-31-15-5-2-1-3-6-15/h1-3,5-8,13,29H,4,9-12H2,(H,28,30). The maximum absolute atomic E-state index is 13.2. The molecule has 1 aliphatic carbocycles. The SMILES string of the molecule is O=C(NC1(CCC(F)(F)F)CCC1)c1ccc(C(F)(F)F)cc1NSc1ccccc1. The fourth-order valence-electron chi connectivity index (χ4n) is 3.34. The Labute approximate surface area is 179 Å². The van der Waals surface area contributed by atoms with E-state index in [4.69, 9.17) is 0 Å². The molecule has 0 spiro atoms. The first-order valence-electron chi connectivity index (χ1n) is 9.56. The first-order chi connectivity index (χ1) is 14.5. The summed E-state index contributed by atoms with van der Waals surface area (Å²) >= 11 is 1.03. The lowest BCUT2D eigenvalue weighted by atomic mass is 9.73. The summed E-state index contributed by atoms with van der Waals surface area (Å²) in [4.78, 5) is 13.6. The number of anilines is 1. The predicted octanol–water partition coefficient (Wildman–Crippen LogP) is 6.82. The highest BCUT2D eigenvalue weighted by Crippen LogP contribution is 2.40. The van der Waals surface area contributed by atoms with Crippen LogP contribution in [0, 0.1) is 0 Å². The van der Waals surface area contributed by atoms with E-state index in [1.165, 1.54) is 0 Å². The molecular weight excluding hydrogens is 442 g/mol. The van der Waals surface area contributed by atoms with Gasteiger partial charge in [-0.15, -0.1) is 0 Å². The summed E-state index contributed by atoms with van der Waals surface area (Å²) in [5, 5.41) is 2.65. The summed E-state index contributed by atoms with van der Waals surface area (Å²) < 4.78 is 80.3. The van der Waals surface area contributed by atoms with Crippen LogP contribution in [0.15, 0.2) is 53.4 Å². The molecule has 0 bridgehead atoms. The average Bonchev–Trinajstić information content (AvgIpc) is 2.67. The Hall–Kier alpha value is -2.36. The van der Waals surface area contributed by atoms with Crippen molar-refractivity contribution in [3.63, 3.8) is 0 Å². The zero-order valence-corrected chi connectivity index (χ0v) is 17.1. The molecule has 0 radical (unpaired) electrons. The van der Waals surface area contributed by atoms with E-state index in [1.807, 2.05) is 0 Å². The third-order valence-corrected chi connectivity index (χ3v) is 6.02. The van der Waals surface area contributed by atoms with Crippen LogP contribution < -0.4 is 10.0 Å². The van der Waals surface area contributed by atoms with Crippen molar-refractivity contribution in [2.24, 2.45) is 0 Å². The van der Waals surface area contributed by atoms with Crippen LogP contribution in [0.5, 0.6) is 0 Å². The Morgan fingerprint density at radius 3 is 2.23 bits per heavy atom. The number of carbonyl (C=O) groups excluding carboxylic acids is 1. The van der Waals surface area contributed by atoms with Crippen LogP contribution in [0.1, 0.15) is 48.0 Å². The maximum Gasteiger partial charge on any atom is 0.416 e. The number of hydrogen-bond donors (Lipinski definition) is 2. The molecule has 2 aromatic carbocycles. The van der Waals surface area contributed by atoms with E-state index in [0.717, 1.165) is 30.1 Å².